The second kappa shape index (κ2) is 7.43. The Morgan fingerprint density at radius 3 is 2.52 bits per heavy atom. The molecule has 0 saturated carbocycles. The Balaban J connectivity index is 2.28. The van der Waals surface area contributed by atoms with E-state index in [1.54, 1.807) is 5.48 Å². The quantitative estimate of drug-likeness (QED) is 0.371. The number of rotatable bonds is 6. The summed E-state index contributed by atoms with van der Waals surface area (Å²) in [6.07, 6.45) is 1.31. The van der Waals surface area contributed by atoms with Crippen molar-refractivity contribution in [3.8, 4) is 5.88 Å². The lowest BCUT2D eigenvalue weighted by atomic mass is 10.0. The van der Waals surface area contributed by atoms with Gasteiger partial charge in [0.25, 0.3) is 5.91 Å². The number of nitrogens with one attached hydrogen (secondary N) is 2. The minimum Gasteiger partial charge on any atom is -0.493 e. The minimum absolute atomic E-state index is 0.0618. The van der Waals surface area contributed by atoms with Gasteiger partial charge in [-0.1, -0.05) is 44.2 Å². The maximum atomic E-state index is 11.9. The van der Waals surface area contributed by atoms with Crippen molar-refractivity contribution in [3.63, 3.8) is 0 Å². The van der Waals surface area contributed by atoms with Gasteiger partial charge in [0, 0.05) is 0 Å². The maximum absolute atomic E-state index is 11.9. The van der Waals surface area contributed by atoms with E-state index in [-0.39, 0.29) is 16.6 Å². The zero-order chi connectivity index (χ0) is 17.0. The number of aromatic nitrogens is 2. The second-order valence-corrected chi connectivity index (χ2v) is 6.14. The van der Waals surface area contributed by atoms with Gasteiger partial charge in [-0.05, 0) is 36.5 Å². The molecule has 2 aromatic rings. The topological polar surface area (TPSA) is 90.3 Å². The summed E-state index contributed by atoms with van der Waals surface area (Å²) in [5.74, 6) is -0.828. The molecule has 0 aliphatic rings. The van der Waals surface area contributed by atoms with Gasteiger partial charge >= 0.3 is 0 Å². The molecule has 124 valence electrons. The van der Waals surface area contributed by atoms with Crippen molar-refractivity contribution in [1.29, 1.82) is 0 Å². The van der Waals surface area contributed by atoms with Crippen molar-refractivity contribution < 1.29 is 15.1 Å². The van der Waals surface area contributed by atoms with Gasteiger partial charge in [-0.3, -0.25) is 14.6 Å². The number of carbonyl (C=O) groups excluding carboxylic acids is 1. The highest BCUT2D eigenvalue weighted by Crippen LogP contribution is 2.28. The molecular formula is C16H21N3O3S. The number of hydrogen-bond acceptors (Lipinski definition) is 4. The summed E-state index contributed by atoms with van der Waals surface area (Å²) >= 11 is 5.24. The Hall–Kier alpha value is -2.12. The number of aryl methyl sites for hydroxylation is 2. The van der Waals surface area contributed by atoms with Crippen LogP contribution in [0, 0.1) is 10.7 Å². The highest BCUT2D eigenvalue weighted by molar-refractivity contribution is 7.71. The lowest BCUT2D eigenvalue weighted by molar-refractivity contribution is -0.134. The van der Waals surface area contributed by atoms with E-state index < -0.39 is 11.9 Å². The first-order chi connectivity index (χ1) is 11.0. The number of benzene rings is 1. The van der Waals surface area contributed by atoms with Crippen molar-refractivity contribution in [2.45, 2.75) is 32.7 Å². The number of aromatic hydroxyl groups is 1. The fourth-order valence-corrected chi connectivity index (χ4v) is 2.94. The Labute approximate surface area is 139 Å². The lowest BCUT2D eigenvalue weighted by Crippen LogP contribution is -2.33. The standard InChI is InChI=1S/C16H21N3O3S/c1-10(2)13(14(20)18-22)19-15(21)12(17-16(19)23)9-8-11-6-4-3-5-7-11/h3-7,10,13,21-22H,8-9H2,1-2H3,(H,17,23)(H,18,20). The molecule has 1 aromatic heterocycles. The van der Waals surface area contributed by atoms with Crippen molar-refractivity contribution in [3.05, 3.63) is 46.4 Å². The molecule has 6 nitrogen and oxygen atoms in total. The van der Waals surface area contributed by atoms with Crippen LogP contribution in [0.3, 0.4) is 0 Å². The molecule has 0 bridgehead atoms. The van der Waals surface area contributed by atoms with E-state index in [9.17, 15) is 9.90 Å². The van der Waals surface area contributed by atoms with Crippen LogP contribution >= 0.6 is 12.2 Å². The predicted octanol–water partition coefficient (Wildman–Crippen LogP) is 2.74. The third kappa shape index (κ3) is 3.80. The van der Waals surface area contributed by atoms with Gasteiger partial charge in [-0.2, -0.15) is 0 Å². The van der Waals surface area contributed by atoms with Gasteiger partial charge in [0.2, 0.25) is 5.88 Å². The molecule has 23 heavy (non-hydrogen) atoms. The van der Waals surface area contributed by atoms with Crippen LogP contribution in [-0.2, 0) is 17.6 Å². The van der Waals surface area contributed by atoms with E-state index >= 15 is 0 Å². The number of hydrogen-bond donors (Lipinski definition) is 4. The van der Waals surface area contributed by atoms with Gasteiger partial charge in [-0.25, -0.2) is 5.48 Å². The predicted molar refractivity (Wildman–Crippen MR) is 88.9 cm³/mol. The molecule has 0 saturated heterocycles. The van der Waals surface area contributed by atoms with Crippen LogP contribution in [0.25, 0.3) is 0 Å². The molecule has 0 fully saturated rings. The summed E-state index contributed by atoms with van der Waals surface area (Å²) in [5, 5.41) is 19.4. The molecule has 1 unspecified atom stereocenters. The molecule has 1 aromatic carbocycles. The maximum Gasteiger partial charge on any atom is 0.266 e. The number of aromatic amines is 1. The monoisotopic (exact) mass is 335 g/mol. The first kappa shape index (κ1) is 17.2. The average molecular weight is 335 g/mol. The highest BCUT2D eigenvalue weighted by atomic mass is 32.1. The molecule has 1 atom stereocenters. The minimum atomic E-state index is -0.783. The van der Waals surface area contributed by atoms with Gasteiger partial charge in [0.1, 0.15) is 6.04 Å². The number of hydroxylamine groups is 1. The molecule has 1 amide bonds. The van der Waals surface area contributed by atoms with Gasteiger partial charge in [0.05, 0.1) is 5.69 Å². The Bertz CT molecular complexity index is 722. The normalized spacial score (nSPS) is 12.3. The van der Waals surface area contributed by atoms with E-state index in [1.165, 1.54) is 4.57 Å². The summed E-state index contributed by atoms with van der Waals surface area (Å²) in [7, 11) is 0. The summed E-state index contributed by atoms with van der Waals surface area (Å²) in [5.41, 5.74) is 3.36. The van der Waals surface area contributed by atoms with E-state index in [0.29, 0.717) is 12.1 Å². The van der Waals surface area contributed by atoms with Gasteiger partial charge < -0.3 is 10.1 Å². The summed E-state index contributed by atoms with van der Waals surface area (Å²) in [6.45, 7) is 3.63. The molecule has 0 aliphatic heterocycles. The zero-order valence-corrected chi connectivity index (χ0v) is 13.9. The Morgan fingerprint density at radius 1 is 1.30 bits per heavy atom. The van der Waals surface area contributed by atoms with E-state index in [4.69, 9.17) is 17.4 Å². The number of carbonyl (C=O) groups is 1. The molecule has 1 heterocycles. The van der Waals surface area contributed by atoms with Crippen LogP contribution in [0.5, 0.6) is 5.88 Å². The van der Waals surface area contributed by atoms with Crippen LogP contribution in [0.15, 0.2) is 30.3 Å². The van der Waals surface area contributed by atoms with Crippen molar-refractivity contribution in [1.82, 2.24) is 15.0 Å². The van der Waals surface area contributed by atoms with E-state index in [2.05, 4.69) is 4.98 Å². The molecule has 0 spiro atoms. The number of amides is 1. The van der Waals surface area contributed by atoms with Gasteiger partial charge in [-0.15, -0.1) is 0 Å². The van der Waals surface area contributed by atoms with Crippen LogP contribution in [0.1, 0.15) is 31.1 Å². The third-order valence-corrected chi connectivity index (χ3v) is 4.07. The summed E-state index contributed by atoms with van der Waals surface area (Å²) in [6, 6.07) is 9.11. The fourth-order valence-electron chi connectivity index (χ4n) is 2.62. The first-order valence-electron chi connectivity index (χ1n) is 7.46. The van der Waals surface area contributed by atoms with E-state index in [1.807, 2.05) is 44.2 Å². The average Bonchev–Trinajstić information content (AvgIpc) is 2.81. The third-order valence-electron chi connectivity index (χ3n) is 3.77. The largest absolute Gasteiger partial charge is 0.493 e. The second-order valence-electron chi connectivity index (χ2n) is 5.75. The van der Waals surface area contributed by atoms with Crippen LogP contribution in [0.2, 0.25) is 0 Å². The summed E-state index contributed by atoms with van der Waals surface area (Å²) in [4.78, 5) is 14.9. The van der Waals surface area contributed by atoms with Crippen LogP contribution in [-0.4, -0.2) is 25.8 Å². The highest BCUT2D eigenvalue weighted by Gasteiger charge is 2.28. The molecule has 0 aliphatic carbocycles. The van der Waals surface area contributed by atoms with Gasteiger partial charge in [0.15, 0.2) is 4.77 Å². The Kier molecular flexibility index (Phi) is 5.57. The number of imidazole rings is 1. The van der Waals surface area contributed by atoms with E-state index in [0.717, 1.165) is 12.0 Å². The summed E-state index contributed by atoms with van der Waals surface area (Å²) < 4.78 is 1.61. The smallest absolute Gasteiger partial charge is 0.266 e. The van der Waals surface area contributed by atoms with Crippen LogP contribution < -0.4 is 5.48 Å². The lowest BCUT2D eigenvalue weighted by Gasteiger charge is -2.20. The zero-order valence-electron chi connectivity index (χ0n) is 13.1. The first-order valence-corrected chi connectivity index (χ1v) is 7.86. The van der Waals surface area contributed by atoms with Crippen molar-refractivity contribution >= 4 is 18.1 Å². The SMILES string of the molecule is CC(C)C(C(=O)NO)n1c(O)c(CCc2ccccc2)[nH]c1=S. The fraction of sp³-hybridized carbons (Fsp3) is 0.375. The van der Waals surface area contributed by atoms with Crippen molar-refractivity contribution in [2.24, 2.45) is 5.92 Å². The van der Waals surface area contributed by atoms with Crippen LogP contribution in [0.4, 0.5) is 0 Å². The molecule has 0 radical (unpaired) electrons. The van der Waals surface area contributed by atoms with Crippen molar-refractivity contribution in [2.75, 3.05) is 0 Å². The number of H-pyrrole nitrogens is 1. The number of nitrogens with zero attached hydrogens (tertiary/aromatic N) is 1. The molecule has 7 heteroatoms. The molecular weight excluding hydrogens is 314 g/mol. The molecule has 4 N–H and O–H groups in total. The Morgan fingerprint density at radius 2 is 1.96 bits per heavy atom. The molecule has 2 rings (SSSR count).